The van der Waals surface area contributed by atoms with Crippen LogP contribution in [0.4, 0.5) is 0 Å². The van der Waals surface area contributed by atoms with Crippen molar-refractivity contribution in [1.82, 2.24) is 19.5 Å². The van der Waals surface area contributed by atoms with E-state index in [4.69, 9.17) is 15.0 Å². The van der Waals surface area contributed by atoms with Crippen LogP contribution in [0.3, 0.4) is 0 Å². The van der Waals surface area contributed by atoms with E-state index in [2.05, 4.69) is 187 Å². The maximum absolute atomic E-state index is 5.27. The van der Waals surface area contributed by atoms with Crippen LogP contribution >= 0.6 is 11.3 Å². The lowest BCUT2D eigenvalue weighted by molar-refractivity contribution is 1.08. The molecule has 0 aliphatic carbocycles. The van der Waals surface area contributed by atoms with E-state index in [1.54, 1.807) is 11.3 Å². The van der Waals surface area contributed by atoms with Gasteiger partial charge in [-0.3, -0.25) is 0 Å². The number of thiophene rings is 1. The Morgan fingerprint density at radius 1 is 0.339 bits per heavy atom. The molecular weight excluding hydrogens is 701 g/mol. The molecular formula is C51H30N4S. The van der Waals surface area contributed by atoms with Gasteiger partial charge in [-0.2, -0.15) is 0 Å². The Morgan fingerprint density at radius 2 is 0.929 bits per heavy atom. The molecule has 0 fully saturated rings. The normalized spacial score (nSPS) is 11.9. The summed E-state index contributed by atoms with van der Waals surface area (Å²) >= 11 is 1.80. The van der Waals surface area contributed by atoms with Gasteiger partial charge in [-0.05, 0) is 75.5 Å². The van der Waals surface area contributed by atoms with Crippen molar-refractivity contribution in [2.24, 2.45) is 0 Å². The van der Waals surface area contributed by atoms with Crippen LogP contribution in [-0.2, 0) is 0 Å². The fourth-order valence-electron chi connectivity index (χ4n) is 8.54. The Labute approximate surface area is 325 Å². The van der Waals surface area contributed by atoms with E-state index in [1.807, 2.05) is 0 Å². The van der Waals surface area contributed by atoms with Gasteiger partial charge < -0.3 is 4.57 Å². The highest BCUT2D eigenvalue weighted by atomic mass is 32.1. The average molecular weight is 731 g/mol. The van der Waals surface area contributed by atoms with Crippen LogP contribution in [0.15, 0.2) is 182 Å². The first kappa shape index (κ1) is 31.2. The number of para-hydroxylation sites is 1. The molecule has 0 spiro atoms. The SMILES string of the molecule is c1ccc2cc(-c3nc(-c4ccc5c(c4)sc4ccccc45)nc(-c4ccc(-n5c6ccccc6c6cc7ccccc7cc65)c5ccccc45)n3)ccc2c1. The van der Waals surface area contributed by atoms with E-state index in [0.29, 0.717) is 17.5 Å². The predicted molar refractivity (Wildman–Crippen MR) is 236 cm³/mol. The monoisotopic (exact) mass is 730 g/mol. The van der Waals surface area contributed by atoms with E-state index in [1.165, 1.54) is 58.1 Å². The molecule has 0 aliphatic heterocycles. The first-order valence-electron chi connectivity index (χ1n) is 18.8. The van der Waals surface area contributed by atoms with Crippen molar-refractivity contribution in [3.8, 4) is 39.9 Å². The van der Waals surface area contributed by atoms with Crippen molar-refractivity contribution in [2.75, 3.05) is 0 Å². The number of benzene rings is 9. The number of hydrogen-bond acceptors (Lipinski definition) is 4. The lowest BCUT2D eigenvalue weighted by atomic mass is 10.0. The summed E-state index contributed by atoms with van der Waals surface area (Å²) in [7, 11) is 0. The van der Waals surface area contributed by atoms with Crippen molar-refractivity contribution < 1.29 is 0 Å². The van der Waals surface area contributed by atoms with Crippen molar-refractivity contribution in [3.05, 3.63) is 182 Å². The average Bonchev–Trinajstić information content (AvgIpc) is 3.79. The second-order valence-electron chi connectivity index (χ2n) is 14.4. The molecule has 0 atom stereocenters. The Hall–Kier alpha value is -7.21. The number of nitrogens with zero attached hydrogens (tertiary/aromatic N) is 4. The standard InChI is InChI=1S/C51H30N4S/c1-2-12-32-27-35(22-21-31(32)11-1)49-52-50(36-23-24-41-40-18-8-10-20-47(40)56-48(41)30-36)54-51(53-49)42-25-26-45(38-16-6-5-15-37(38)42)55-44-19-9-7-17-39(44)43-28-33-13-3-4-14-34(33)29-46(43)55/h1-30H. The Bertz CT molecular complexity index is 3560. The second-order valence-corrected chi connectivity index (χ2v) is 15.5. The molecule has 260 valence electrons. The molecule has 0 saturated heterocycles. The van der Waals surface area contributed by atoms with Gasteiger partial charge in [0.1, 0.15) is 0 Å². The highest BCUT2D eigenvalue weighted by Gasteiger charge is 2.20. The highest BCUT2D eigenvalue weighted by Crippen LogP contribution is 2.40. The summed E-state index contributed by atoms with van der Waals surface area (Å²) < 4.78 is 4.91. The third kappa shape index (κ3) is 4.81. The molecule has 0 radical (unpaired) electrons. The van der Waals surface area contributed by atoms with Crippen LogP contribution in [0.1, 0.15) is 0 Å². The van der Waals surface area contributed by atoms with Crippen molar-refractivity contribution >= 4 is 85.6 Å². The third-order valence-electron chi connectivity index (χ3n) is 11.2. The zero-order valence-electron chi connectivity index (χ0n) is 30.0. The minimum atomic E-state index is 0.644. The van der Waals surface area contributed by atoms with Crippen LogP contribution in [0.5, 0.6) is 0 Å². The summed E-state index contributed by atoms with van der Waals surface area (Å²) in [5, 5.41) is 12.0. The zero-order chi connectivity index (χ0) is 36.7. The van der Waals surface area contributed by atoms with E-state index in [0.717, 1.165) is 38.5 Å². The molecule has 12 rings (SSSR count). The molecule has 0 saturated carbocycles. The molecule has 5 heteroatoms. The topological polar surface area (TPSA) is 43.6 Å². The molecule has 3 aromatic heterocycles. The van der Waals surface area contributed by atoms with Gasteiger partial charge in [0.05, 0.1) is 16.7 Å². The van der Waals surface area contributed by atoms with Gasteiger partial charge >= 0.3 is 0 Å². The van der Waals surface area contributed by atoms with Gasteiger partial charge in [0.25, 0.3) is 0 Å². The van der Waals surface area contributed by atoms with Crippen molar-refractivity contribution in [2.45, 2.75) is 0 Å². The van der Waals surface area contributed by atoms with Gasteiger partial charge in [-0.15, -0.1) is 11.3 Å². The molecule has 4 nitrogen and oxygen atoms in total. The highest BCUT2D eigenvalue weighted by molar-refractivity contribution is 7.25. The minimum absolute atomic E-state index is 0.644. The first-order chi connectivity index (χ1) is 27.7. The quantitative estimate of drug-likeness (QED) is 0.181. The second kappa shape index (κ2) is 12.2. The van der Waals surface area contributed by atoms with E-state index >= 15 is 0 Å². The van der Waals surface area contributed by atoms with Gasteiger partial charge in [0, 0.05) is 53.0 Å². The molecule has 0 aliphatic rings. The number of hydrogen-bond donors (Lipinski definition) is 0. The van der Waals surface area contributed by atoms with Gasteiger partial charge in [0.2, 0.25) is 0 Å². The Kier molecular flexibility index (Phi) is 6.76. The first-order valence-corrected chi connectivity index (χ1v) is 19.7. The molecule has 0 bridgehead atoms. The Morgan fingerprint density at radius 3 is 1.75 bits per heavy atom. The third-order valence-corrected chi connectivity index (χ3v) is 12.3. The fraction of sp³-hybridized carbons (Fsp3) is 0. The van der Waals surface area contributed by atoms with Gasteiger partial charge in [-0.1, -0.05) is 133 Å². The van der Waals surface area contributed by atoms with Crippen LogP contribution in [0.2, 0.25) is 0 Å². The molecule has 3 heterocycles. The maximum Gasteiger partial charge on any atom is 0.164 e. The van der Waals surface area contributed by atoms with Crippen LogP contribution < -0.4 is 0 Å². The van der Waals surface area contributed by atoms with E-state index in [9.17, 15) is 0 Å². The zero-order valence-corrected chi connectivity index (χ0v) is 30.8. The molecule has 0 N–H and O–H groups in total. The summed E-state index contributed by atoms with van der Waals surface area (Å²) in [6.45, 7) is 0. The predicted octanol–water partition coefficient (Wildman–Crippen LogP) is 13.8. The Balaban J connectivity index is 1.09. The fourth-order valence-corrected chi connectivity index (χ4v) is 9.68. The number of aromatic nitrogens is 4. The maximum atomic E-state index is 5.27. The molecule has 0 amide bonds. The van der Waals surface area contributed by atoms with Gasteiger partial charge in [0.15, 0.2) is 17.5 Å². The lowest BCUT2D eigenvalue weighted by Gasteiger charge is -2.15. The summed E-state index contributed by atoms with van der Waals surface area (Å²) in [5.41, 5.74) is 6.35. The number of rotatable bonds is 4. The summed E-state index contributed by atoms with van der Waals surface area (Å²) in [6.07, 6.45) is 0. The summed E-state index contributed by atoms with van der Waals surface area (Å²) in [5.74, 6) is 1.94. The minimum Gasteiger partial charge on any atom is -0.309 e. The van der Waals surface area contributed by atoms with Crippen molar-refractivity contribution in [3.63, 3.8) is 0 Å². The van der Waals surface area contributed by atoms with Crippen molar-refractivity contribution in [1.29, 1.82) is 0 Å². The molecule has 56 heavy (non-hydrogen) atoms. The summed E-state index contributed by atoms with van der Waals surface area (Å²) in [4.78, 5) is 15.7. The van der Waals surface area contributed by atoms with E-state index < -0.39 is 0 Å². The smallest absolute Gasteiger partial charge is 0.164 e. The van der Waals surface area contributed by atoms with Gasteiger partial charge in [-0.25, -0.2) is 15.0 Å². The number of fused-ring (bicyclic) bond motifs is 9. The van der Waals surface area contributed by atoms with E-state index in [-0.39, 0.29) is 0 Å². The molecule has 9 aromatic carbocycles. The molecule has 12 aromatic rings. The lowest BCUT2D eigenvalue weighted by Crippen LogP contribution is -2.02. The van der Waals surface area contributed by atoms with Crippen LogP contribution in [-0.4, -0.2) is 19.5 Å². The largest absolute Gasteiger partial charge is 0.309 e. The molecule has 0 unspecified atom stereocenters. The summed E-state index contributed by atoms with van der Waals surface area (Å²) in [6, 6.07) is 65.1. The van der Waals surface area contributed by atoms with Crippen LogP contribution in [0.25, 0.3) is 114 Å². The van der Waals surface area contributed by atoms with Crippen LogP contribution in [0, 0.1) is 0 Å².